The van der Waals surface area contributed by atoms with Gasteiger partial charge < -0.3 is 10.6 Å². The van der Waals surface area contributed by atoms with Gasteiger partial charge in [-0.3, -0.25) is 0 Å². The minimum absolute atomic E-state index is 0.208. The van der Waals surface area contributed by atoms with E-state index in [-0.39, 0.29) is 6.04 Å². The molecule has 0 aliphatic heterocycles. The van der Waals surface area contributed by atoms with Crippen molar-refractivity contribution >= 4 is 15.7 Å². The number of nitrogens with zero attached hydrogens (tertiary/aromatic N) is 2. The SMILES string of the molecule is CC(C)N(CCCN)c1ccccc1S(=O)(=O)N(C)C. The van der Waals surface area contributed by atoms with E-state index in [4.69, 9.17) is 5.73 Å². The van der Waals surface area contributed by atoms with Crippen molar-refractivity contribution in [2.24, 2.45) is 5.73 Å². The Kier molecular flexibility index (Phi) is 5.98. The Morgan fingerprint density at radius 1 is 1.20 bits per heavy atom. The molecular formula is C14H25N3O2S. The van der Waals surface area contributed by atoms with E-state index in [0.29, 0.717) is 11.4 Å². The molecule has 6 heteroatoms. The van der Waals surface area contributed by atoms with Gasteiger partial charge >= 0.3 is 0 Å². The normalized spacial score (nSPS) is 12.2. The predicted molar refractivity (Wildman–Crippen MR) is 83.5 cm³/mol. The molecule has 5 nitrogen and oxygen atoms in total. The van der Waals surface area contributed by atoms with Crippen LogP contribution in [0.3, 0.4) is 0 Å². The van der Waals surface area contributed by atoms with Gasteiger partial charge in [-0.05, 0) is 38.9 Å². The maximum absolute atomic E-state index is 12.4. The Bertz CT molecular complexity index is 527. The second kappa shape index (κ2) is 7.06. The monoisotopic (exact) mass is 299 g/mol. The summed E-state index contributed by atoms with van der Waals surface area (Å²) in [6.45, 7) is 5.44. The Morgan fingerprint density at radius 2 is 1.80 bits per heavy atom. The summed E-state index contributed by atoms with van der Waals surface area (Å²) >= 11 is 0. The van der Waals surface area contributed by atoms with Crippen molar-refractivity contribution < 1.29 is 8.42 Å². The van der Waals surface area contributed by atoms with Gasteiger partial charge in [0.15, 0.2) is 0 Å². The maximum atomic E-state index is 12.4. The Labute approximate surface area is 122 Å². The number of sulfonamides is 1. The van der Waals surface area contributed by atoms with Crippen molar-refractivity contribution in [2.45, 2.75) is 31.2 Å². The first kappa shape index (κ1) is 16.9. The quantitative estimate of drug-likeness (QED) is 0.828. The van der Waals surface area contributed by atoms with E-state index >= 15 is 0 Å². The van der Waals surface area contributed by atoms with Crippen LogP contribution in [0.15, 0.2) is 29.2 Å². The van der Waals surface area contributed by atoms with Crippen LogP contribution in [0.1, 0.15) is 20.3 Å². The average molecular weight is 299 g/mol. The summed E-state index contributed by atoms with van der Waals surface area (Å²) < 4.78 is 26.1. The molecule has 0 spiro atoms. The zero-order chi connectivity index (χ0) is 15.3. The van der Waals surface area contributed by atoms with Crippen LogP contribution in [-0.2, 0) is 10.0 Å². The number of benzene rings is 1. The molecular weight excluding hydrogens is 274 g/mol. The van der Waals surface area contributed by atoms with Crippen LogP contribution in [0.4, 0.5) is 5.69 Å². The van der Waals surface area contributed by atoms with E-state index in [1.54, 1.807) is 26.2 Å². The summed E-state index contributed by atoms with van der Waals surface area (Å²) in [6, 6.07) is 7.33. The Morgan fingerprint density at radius 3 is 2.30 bits per heavy atom. The Balaban J connectivity index is 3.30. The summed E-state index contributed by atoms with van der Waals surface area (Å²) in [5, 5.41) is 0. The number of hydrogen-bond acceptors (Lipinski definition) is 4. The third kappa shape index (κ3) is 3.71. The van der Waals surface area contributed by atoms with Crippen LogP contribution >= 0.6 is 0 Å². The van der Waals surface area contributed by atoms with Gasteiger partial charge in [-0.15, -0.1) is 0 Å². The van der Waals surface area contributed by atoms with Crippen LogP contribution in [0.5, 0.6) is 0 Å². The van der Waals surface area contributed by atoms with Gasteiger partial charge in [0.05, 0.1) is 5.69 Å². The summed E-state index contributed by atoms with van der Waals surface area (Å²) in [5.41, 5.74) is 6.31. The molecule has 0 bridgehead atoms. The minimum Gasteiger partial charge on any atom is -0.368 e. The van der Waals surface area contributed by atoms with Gasteiger partial charge in [0.25, 0.3) is 0 Å². The van der Waals surface area contributed by atoms with Gasteiger partial charge in [0, 0.05) is 26.7 Å². The van der Waals surface area contributed by atoms with E-state index in [2.05, 4.69) is 18.7 Å². The van der Waals surface area contributed by atoms with Crippen molar-refractivity contribution in [3.05, 3.63) is 24.3 Å². The lowest BCUT2D eigenvalue weighted by molar-refractivity contribution is 0.520. The van der Waals surface area contributed by atoms with Gasteiger partial charge in [-0.25, -0.2) is 12.7 Å². The summed E-state index contributed by atoms with van der Waals surface area (Å²) in [4.78, 5) is 2.43. The maximum Gasteiger partial charge on any atom is 0.244 e. The third-order valence-electron chi connectivity index (χ3n) is 3.16. The van der Waals surface area contributed by atoms with Gasteiger partial charge in [-0.2, -0.15) is 0 Å². The lowest BCUT2D eigenvalue weighted by Gasteiger charge is -2.31. The molecule has 2 N–H and O–H groups in total. The second-order valence-electron chi connectivity index (χ2n) is 5.18. The van der Waals surface area contributed by atoms with Crippen LogP contribution in [0.2, 0.25) is 0 Å². The first-order valence-electron chi connectivity index (χ1n) is 6.80. The van der Waals surface area contributed by atoms with Crippen molar-refractivity contribution in [3.63, 3.8) is 0 Å². The lowest BCUT2D eigenvalue weighted by Crippen LogP contribution is -2.35. The van der Waals surface area contributed by atoms with E-state index in [1.807, 2.05) is 12.1 Å². The molecule has 1 aromatic rings. The molecule has 0 atom stereocenters. The molecule has 0 radical (unpaired) electrons. The summed E-state index contributed by atoms with van der Waals surface area (Å²) in [6.07, 6.45) is 0.828. The molecule has 0 saturated heterocycles. The van der Waals surface area contributed by atoms with Crippen molar-refractivity contribution in [1.29, 1.82) is 0 Å². The molecule has 0 heterocycles. The van der Waals surface area contributed by atoms with Crippen LogP contribution < -0.4 is 10.6 Å². The smallest absolute Gasteiger partial charge is 0.244 e. The number of rotatable bonds is 7. The molecule has 0 aliphatic rings. The Hall–Kier alpha value is -1.11. The highest BCUT2D eigenvalue weighted by molar-refractivity contribution is 7.89. The highest BCUT2D eigenvalue weighted by atomic mass is 32.2. The first-order chi connectivity index (χ1) is 9.32. The minimum atomic E-state index is -3.45. The van der Waals surface area contributed by atoms with Crippen LogP contribution in [0.25, 0.3) is 0 Å². The van der Waals surface area contributed by atoms with Crippen molar-refractivity contribution in [2.75, 3.05) is 32.1 Å². The number of hydrogen-bond donors (Lipinski definition) is 1. The van der Waals surface area contributed by atoms with E-state index < -0.39 is 10.0 Å². The highest BCUT2D eigenvalue weighted by Crippen LogP contribution is 2.28. The molecule has 114 valence electrons. The van der Waals surface area contributed by atoms with E-state index in [1.165, 1.54) is 4.31 Å². The molecule has 0 amide bonds. The zero-order valence-electron chi connectivity index (χ0n) is 12.7. The fourth-order valence-corrected chi connectivity index (χ4v) is 3.12. The fourth-order valence-electron chi connectivity index (χ4n) is 2.03. The van der Waals surface area contributed by atoms with E-state index in [0.717, 1.165) is 18.7 Å². The van der Waals surface area contributed by atoms with Gasteiger partial charge in [0.2, 0.25) is 10.0 Å². The number of para-hydroxylation sites is 1. The highest BCUT2D eigenvalue weighted by Gasteiger charge is 2.24. The first-order valence-corrected chi connectivity index (χ1v) is 8.24. The number of nitrogens with two attached hydrogens (primary N) is 1. The van der Waals surface area contributed by atoms with Gasteiger partial charge in [0.1, 0.15) is 4.90 Å². The average Bonchev–Trinajstić information content (AvgIpc) is 2.39. The summed E-state index contributed by atoms with van der Waals surface area (Å²) in [5.74, 6) is 0. The largest absolute Gasteiger partial charge is 0.368 e. The number of anilines is 1. The van der Waals surface area contributed by atoms with Crippen LogP contribution in [-0.4, -0.2) is 45.9 Å². The molecule has 0 aromatic heterocycles. The molecule has 20 heavy (non-hydrogen) atoms. The zero-order valence-corrected chi connectivity index (χ0v) is 13.5. The topological polar surface area (TPSA) is 66.6 Å². The third-order valence-corrected chi connectivity index (χ3v) is 5.02. The molecule has 0 fully saturated rings. The van der Waals surface area contributed by atoms with E-state index in [9.17, 15) is 8.42 Å². The standard InChI is InChI=1S/C14H25N3O2S/c1-12(2)17(11-7-10-15)13-8-5-6-9-14(13)20(18,19)16(3)4/h5-6,8-9,12H,7,10-11,15H2,1-4H3. The van der Waals surface area contributed by atoms with Gasteiger partial charge in [-0.1, -0.05) is 12.1 Å². The predicted octanol–water partition coefficient (Wildman–Crippen LogP) is 1.50. The molecule has 1 rings (SSSR count). The second-order valence-corrected chi connectivity index (χ2v) is 7.30. The van der Waals surface area contributed by atoms with Crippen molar-refractivity contribution in [1.82, 2.24) is 4.31 Å². The molecule has 0 aliphatic carbocycles. The molecule has 1 aromatic carbocycles. The molecule has 0 saturated carbocycles. The summed E-state index contributed by atoms with van der Waals surface area (Å²) in [7, 11) is -0.356. The van der Waals surface area contributed by atoms with Crippen LogP contribution in [0, 0.1) is 0 Å². The fraction of sp³-hybridized carbons (Fsp3) is 0.571. The lowest BCUT2D eigenvalue weighted by atomic mass is 10.2. The molecule has 0 unspecified atom stereocenters. The van der Waals surface area contributed by atoms with Crippen molar-refractivity contribution in [3.8, 4) is 0 Å².